The molecule has 308 valence electrons. The summed E-state index contributed by atoms with van der Waals surface area (Å²) in [6.45, 7) is 0. The zero-order chi connectivity index (χ0) is 43.8. The maximum absolute atomic E-state index is 5.18. The van der Waals surface area contributed by atoms with Gasteiger partial charge in [-0.2, -0.15) is 0 Å². The van der Waals surface area contributed by atoms with Gasteiger partial charge in [0.25, 0.3) is 0 Å². The minimum Gasteiger partial charge on any atom is -0.264 e. The smallest absolute Gasteiger partial charge is 0.0802 e. The van der Waals surface area contributed by atoms with E-state index < -0.39 is 0 Å². The van der Waals surface area contributed by atoms with Crippen LogP contribution in [0.2, 0.25) is 0 Å². The zero-order valence-corrected chi connectivity index (χ0v) is 35.6. The van der Waals surface area contributed by atoms with Crippen LogP contribution in [0.25, 0.3) is 122 Å². The SMILES string of the molecule is c1cncc(-c2ccc(-c3ccccc3-c3cc(-c4ccccc4-c4ccc(-c5cccnc5)nc4)cc(-c4ccccc4-c4cnc5c(c4)c4ccccc4c4ncccc45)c3)cn2)c1. The van der Waals surface area contributed by atoms with E-state index >= 15 is 0 Å². The molecule has 0 aliphatic rings. The molecule has 0 unspecified atom stereocenters. The second kappa shape index (κ2) is 16.6. The molecule has 0 atom stereocenters. The maximum atomic E-state index is 5.18. The molecule has 6 heteroatoms. The average Bonchev–Trinajstić information content (AvgIpc) is 3.41. The third-order valence-corrected chi connectivity index (χ3v) is 12.4. The van der Waals surface area contributed by atoms with E-state index in [-0.39, 0.29) is 0 Å². The quantitative estimate of drug-likeness (QED) is 0.142. The van der Waals surface area contributed by atoms with Crippen molar-refractivity contribution in [2.75, 3.05) is 0 Å². The number of nitrogens with zero attached hydrogens (tertiary/aromatic N) is 6. The molecule has 12 rings (SSSR count). The van der Waals surface area contributed by atoms with Gasteiger partial charge in [0.1, 0.15) is 0 Å². The molecular weight excluding hydrogens is 805 g/mol. The molecule has 6 aromatic heterocycles. The number of fused-ring (bicyclic) bond motifs is 6. The van der Waals surface area contributed by atoms with Gasteiger partial charge < -0.3 is 0 Å². The Labute approximate surface area is 381 Å². The van der Waals surface area contributed by atoms with E-state index in [1.807, 2.05) is 67.5 Å². The van der Waals surface area contributed by atoms with Crippen LogP contribution in [0, 0.1) is 0 Å². The Kier molecular flexibility index (Phi) is 9.73. The third-order valence-electron chi connectivity index (χ3n) is 12.4. The number of hydrogen-bond acceptors (Lipinski definition) is 6. The van der Waals surface area contributed by atoms with Gasteiger partial charge in [0, 0.05) is 93.6 Å². The van der Waals surface area contributed by atoms with Crippen molar-refractivity contribution in [3.63, 3.8) is 0 Å². The number of rotatable bonds is 8. The topological polar surface area (TPSA) is 77.3 Å². The van der Waals surface area contributed by atoms with Crippen LogP contribution in [0.15, 0.2) is 232 Å². The van der Waals surface area contributed by atoms with E-state index in [4.69, 9.17) is 19.9 Å². The highest BCUT2D eigenvalue weighted by molar-refractivity contribution is 6.23. The lowest BCUT2D eigenvalue weighted by Crippen LogP contribution is -1.93. The third kappa shape index (κ3) is 7.03. The van der Waals surface area contributed by atoms with E-state index in [1.165, 1.54) is 0 Å². The Bertz CT molecular complexity index is 3560. The Balaban J connectivity index is 1.04. The second-order valence-electron chi connectivity index (χ2n) is 16.3. The van der Waals surface area contributed by atoms with Gasteiger partial charge in [-0.1, -0.05) is 109 Å². The van der Waals surface area contributed by atoms with Crippen molar-refractivity contribution in [3.8, 4) is 89.3 Å². The summed E-state index contributed by atoms with van der Waals surface area (Å²) >= 11 is 0. The fourth-order valence-corrected chi connectivity index (χ4v) is 9.30. The summed E-state index contributed by atoms with van der Waals surface area (Å²) in [6, 6.07) is 64.2. The molecule has 0 saturated heterocycles. The molecule has 6 nitrogen and oxygen atoms in total. The van der Waals surface area contributed by atoms with Crippen LogP contribution in [-0.2, 0) is 0 Å². The van der Waals surface area contributed by atoms with E-state index in [1.54, 1.807) is 12.4 Å². The van der Waals surface area contributed by atoms with E-state index in [0.717, 1.165) is 122 Å². The zero-order valence-electron chi connectivity index (χ0n) is 35.6. The lowest BCUT2D eigenvalue weighted by atomic mass is 9.86. The van der Waals surface area contributed by atoms with Gasteiger partial charge in [-0.15, -0.1) is 0 Å². The molecule has 0 radical (unpaired) electrons. The molecular formula is C60H38N6. The summed E-state index contributed by atoms with van der Waals surface area (Å²) in [4.78, 5) is 28.4. The largest absolute Gasteiger partial charge is 0.264 e. The molecule has 0 N–H and O–H groups in total. The van der Waals surface area contributed by atoms with Gasteiger partial charge in [0.05, 0.1) is 22.4 Å². The number of pyridine rings is 6. The van der Waals surface area contributed by atoms with Gasteiger partial charge in [-0.3, -0.25) is 29.9 Å². The van der Waals surface area contributed by atoms with Crippen molar-refractivity contribution in [2.24, 2.45) is 0 Å². The van der Waals surface area contributed by atoms with Crippen LogP contribution in [0.1, 0.15) is 0 Å². The highest BCUT2D eigenvalue weighted by Gasteiger charge is 2.18. The molecule has 66 heavy (non-hydrogen) atoms. The average molecular weight is 843 g/mol. The summed E-state index contributed by atoms with van der Waals surface area (Å²) in [7, 11) is 0. The summed E-state index contributed by atoms with van der Waals surface area (Å²) in [5, 5.41) is 4.40. The molecule has 6 heterocycles. The molecule has 12 aromatic rings. The van der Waals surface area contributed by atoms with Crippen molar-refractivity contribution in [1.82, 2.24) is 29.9 Å². The fraction of sp³-hybridized carbons (Fsp3) is 0. The van der Waals surface area contributed by atoms with E-state index in [2.05, 4.69) is 162 Å². The van der Waals surface area contributed by atoms with Crippen molar-refractivity contribution in [3.05, 3.63) is 232 Å². The Morgan fingerprint density at radius 3 is 1.14 bits per heavy atom. The number of aromatic nitrogens is 6. The van der Waals surface area contributed by atoms with Crippen LogP contribution in [-0.4, -0.2) is 29.9 Å². The first-order valence-electron chi connectivity index (χ1n) is 22.0. The van der Waals surface area contributed by atoms with Gasteiger partial charge >= 0.3 is 0 Å². The first kappa shape index (κ1) is 38.7. The maximum Gasteiger partial charge on any atom is 0.0802 e. The minimum atomic E-state index is 0.880. The molecule has 6 aromatic carbocycles. The Morgan fingerprint density at radius 1 is 0.227 bits per heavy atom. The van der Waals surface area contributed by atoms with Gasteiger partial charge in [-0.05, 0) is 128 Å². The predicted octanol–water partition coefficient (Wildman–Crippen LogP) is 14.9. The van der Waals surface area contributed by atoms with Crippen LogP contribution in [0.5, 0.6) is 0 Å². The molecule has 0 aliphatic carbocycles. The summed E-state index contributed by atoms with van der Waals surface area (Å²) in [5.74, 6) is 0. The number of benzene rings is 6. The summed E-state index contributed by atoms with van der Waals surface area (Å²) in [6.07, 6.45) is 15.1. The molecule has 0 aliphatic heterocycles. The van der Waals surface area contributed by atoms with Crippen LogP contribution in [0.4, 0.5) is 0 Å². The first-order valence-corrected chi connectivity index (χ1v) is 22.0. The Morgan fingerprint density at radius 2 is 0.652 bits per heavy atom. The number of hydrogen-bond donors (Lipinski definition) is 0. The highest BCUT2D eigenvalue weighted by Crippen LogP contribution is 2.43. The standard InChI is InChI=1S/C60H38N6/c1-3-16-49(47(14-1)39-23-25-57(64-36-39)41-12-9-27-61-34-41)43-30-44(50-17-4-2-15-48(50)40-24-26-58(65-37-40)42-13-10-28-62-35-42)32-45(31-43)51-18-5-6-19-52(51)46-33-56-53-20-7-8-21-54(53)59-55(22-11-29-63-59)60(56)66-38-46/h1-38H. The van der Waals surface area contributed by atoms with E-state index in [9.17, 15) is 0 Å². The van der Waals surface area contributed by atoms with Crippen molar-refractivity contribution >= 4 is 32.6 Å². The lowest BCUT2D eigenvalue weighted by Gasteiger charge is -2.18. The van der Waals surface area contributed by atoms with Crippen molar-refractivity contribution in [2.45, 2.75) is 0 Å². The van der Waals surface area contributed by atoms with Crippen LogP contribution in [0.3, 0.4) is 0 Å². The van der Waals surface area contributed by atoms with Crippen molar-refractivity contribution < 1.29 is 0 Å². The van der Waals surface area contributed by atoms with Gasteiger partial charge in [-0.25, -0.2) is 0 Å². The molecule has 0 spiro atoms. The first-order chi connectivity index (χ1) is 32.7. The minimum absolute atomic E-state index is 0.880. The fourth-order valence-electron chi connectivity index (χ4n) is 9.30. The van der Waals surface area contributed by atoms with Gasteiger partial charge in [0.15, 0.2) is 0 Å². The predicted molar refractivity (Wildman–Crippen MR) is 269 cm³/mol. The molecule has 0 fully saturated rings. The molecule has 0 saturated carbocycles. The van der Waals surface area contributed by atoms with E-state index in [0.29, 0.717) is 0 Å². The lowest BCUT2D eigenvalue weighted by molar-refractivity contribution is 1.28. The summed E-state index contributed by atoms with van der Waals surface area (Å²) in [5.41, 5.74) is 18.6. The van der Waals surface area contributed by atoms with Gasteiger partial charge in [0.2, 0.25) is 0 Å². The molecule has 0 bridgehead atoms. The highest BCUT2D eigenvalue weighted by atomic mass is 14.7. The monoisotopic (exact) mass is 842 g/mol. The van der Waals surface area contributed by atoms with Crippen molar-refractivity contribution in [1.29, 1.82) is 0 Å². The Hall–Kier alpha value is -9.00. The van der Waals surface area contributed by atoms with Crippen LogP contribution >= 0.6 is 0 Å². The normalized spacial score (nSPS) is 11.3. The second-order valence-corrected chi connectivity index (χ2v) is 16.3. The van der Waals surface area contributed by atoms with Crippen LogP contribution < -0.4 is 0 Å². The summed E-state index contributed by atoms with van der Waals surface area (Å²) < 4.78 is 0. The molecule has 0 amide bonds.